The summed E-state index contributed by atoms with van der Waals surface area (Å²) in [6.07, 6.45) is 4.36. The molecule has 1 atom stereocenters. The zero-order valence-corrected chi connectivity index (χ0v) is 10.6. The van der Waals surface area contributed by atoms with Gasteiger partial charge >= 0.3 is 0 Å². The lowest BCUT2D eigenvalue weighted by Gasteiger charge is -2.21. The van der Waals surface area contributed by atoms with Crippen molar-refractivity contribution in [3.63, 3.8) is 0 Å². The van der Waals surface area contributed by atoms with Gasteiger partial charge in [0.1, 0.15) is 6.10 Å². The number of ether oxygens (including phenoxy) is 1. The van der Waals surface area contributed by atoms with Gasteiger partial charge in [-0.15, -0.1) is 0 Å². The normalized spacial score (nSPS) is 20.6. The Balaban J connectivity index is 2.16. The molecular weight excluding hydrogens is 218 g/mol. The second-order valence-electron chi connectivity index (χ2n) is 4.75. The van der Waals surface area contributed by atoms with Crippen molar-refractivity contribution in [2.24, 2.45) is 5.73 Å². The molecule has 0 amide bonds. The number of nitrogens with two attached hydrogens (primary N) is 1. The maximum atomic E-state index is 5.89. The maximum absolute atomic E-state index is 5.89. The Bertz CT molecular complexity index is 358. The highest BCUT2D eigenvalue weighted by Crippen LogP contribution is 2.39. The fraction of sp³-hybridized carbons (Fsp3) is 0.833. The van der Waals surface area contributed by atoms with E-state index in [9.17, 15) is 0 Å². The van der Waals surface area contributed by atoms with Crippen LogP contribution in [0.2, 0.25) is 0 Å². The Hall–Kier alpha value is -0.940. The first-order chi connectivity index (χ1) is 8.22. The number of hydrogen-bond donors (Lipinski definition) is 1. The minimum atomic E-state index is -0.117. The van der Waals surface area contributed by atoms with Crippen LogP contribution in [-0.2, 0) is 10.2 Å². The zero-order chi connectivity index (χ0) is 12.3. The standard InChI is InChI=1S/C12H21N3O2/c1-3-16-9(2)10-14-11(17-15-10)12(8-13)6-4-5-7-12/h9H,3-8,13H2,1-2H3. The molecule has 1 fully saturated rings. The van der Waals surface area contributed by atoms with Gasteiger partial charge in [-0.25, -0.2) is 0 Å². The van der Waals surface area contributed by atoms with Gasteiger partial charge in [-0.3, -0.25) is 0 Å². The van der Waals surface area contributed by atoms with Gasteiger partial charge in [-0.2, -0.15) is 4.98 Å². The van der Waals surface area contributed by atoms with Gasteiger partial charge in [-0.05, 0) is 26.7 Å². The molecule has 0 radical (unpaired) electrons. The van der Waals surface area contributed by atoms with Crippen LogP contribution in [0, 0.1) is 0 Å². The monoisotopic (exact) mass is 239 g/mol. The van der Waals surface area contributed by atoms with Gasteiger partial charge < -0.3 is 15.0 Å². The molecule has 0 spiro atoms. The Kier molecular flexibility index (Phi) is 3.79. The van der Waals surface area contributed by atoms with Crippen molar-refractivity contribution in [3.8, 4) is 0 Å². The van der Waals surface area contributed by atoms with Crippen LogP contribution >= 0.6 is 0 Å². The summed E-state index contributed by atoms with van der Waals surface area (Å²) in [7, 11) is 0. The van der Waals surface area contributed by atoms with E-state index in [0.717, 1.165) is 12.8 Å². The summed E-state index contributed by atoms with van der Waals surface area (Å²) in [5.41, 5.74) is 5.80. The molecule has 96 valence electrons. The van der Waals surface area contributed by atoms with Gasteiger partial charge in [0.05, 0.1) is 5.41 Å². The van der Waals surface area contributed by atoms with Crippen LogP contribution in [0.15, 0.2) is 4.52 Å². The van der Waals surface area contributed by atoms with E-state index < -0.39 is 0 Å². The van der Waals surface area contributed by atoms with E-state index in [2.05, 4.69) is 10.1 Å². The lowest BCUT2D eigenvalue weighted by molar-refractivity contribution is 0.0683. The molecule has 0 bridgehead atoms. The van der Waals surface area contributed by atoms with Crippen molar-refractivity contribution in [1.29, 1.82) is 0 Å². The van der Waals surface area contributed by atoms with Crippen LogP contribution in [0.4, 0.5) is 0 Å². The first kappa shape index (κ1) is 12.5. The van der Waals surface area contributed by atoms with Crippen molar-refractivity contribution in [2.75, 3.05) is 13.2 Å². The van der Waals surface area contributed by atoms with Crippen molar-refractivity contribution >= 4 is 0 Å². The first-order valence-electron chi connectivity index (χ1n) is 6.37. The molecule has 5 heteroatoms. The third-order valence-corrected chi connectivity index (χ3v) is 3.63. The second kappa shape index (κ2) is 5.14. The number of hydrogen-bond acceptors (Lipinski definition) is 5. The van der Waals surface area contributed by atoms with E-state index in [1.54, 1.807) is 0 Å². The first-order valence-corrected chi connectivity index (χ1v) is 6.37. The molecule has 0 saturated heterocycles. The Morgan fingerprint density at radius 1 is 1.47 bits per heavy atom. The highest BCUT2D eigenvalue weighted by Gasteiger charge is 2.39. The Labute approximate surface area is 102 Å². The molecule has 0 aliphatic heterocycles. The van der Waals surface area contributed by atoms with Crippen molar-refractivity contribution in [2.45, 2.75) is 51.0 Å². The van der Waals surface area contributed by atoms with E-state index in [1.807, 2.05) is 13.8 Å². The average molecular weight is 239 g/mol. The zero-order valence-electron chi connectivity index (χ0n) is 10.6. The molecule has 1 aliphatic carbocycles. The smallest absolute Gasteiger partial charge is 0.234 e. The van der Waals surface area contributed by atoms with Gasteiger partial charge in [0, 0.05) is 13.2 Å². The maximum Gasteiger partial charge on any atom is 0.234 e. The second-order valence-corrected chi connectivity index (χ2v) is 4.75. The summed E-state index contributed by atoms with van der Waals surface area (Å²) < 4.78 is 10.8. The van der Waals surface area contributed by atoms with Crippen LogP contribution in [-0.4, -0.2) is 23.3 Å². The predicted octanol–water partition coefficient (Wildman–Crippen LogP) is 1.94. The van der Waals surface area contributed by atoms with E-state index >= 15 is 0 Å². The molecule has 1 aliphatic rings. The molecule has 1 saturated carbocycles. The molecule has 0 aromatic carbocycles. The molecule has 17 heavy (non-hydrogen) atoms. The number of rotatable bonds is 5. The summed E-state index contributed by atoms with van der Waals surface area (Å²) >= 11 is 0. The Morgan fingerprint density at radius 2 is 2.18 bits per heavy atom. The predicted molar refractivity (Wildman–Crippen MR) is 63.5 cm³/mol. The van der Waals surface area contributed by atoms with Gasteiger partial charge in [-0.1, -0.05) is 18.0 Å². The molecule has 5 nitrogen and oxygen atoms in total. The molecule has 1 unspecified atom stereocenters. The molecular formula is C12H21N3O2. The SMILES string of the molecule is CCOC(C)c1noc(C2(CN)CCCC2)n1. The molecule has 1 aromatic rings. The molecule has 2 N–H and O–H groups in total. The van der Waals surface area contributed by atoms with Gasteiger partial charge in [0.25, 0.3) is 0 Å². The lowest BCUT2D eigenvalue weighted by Crippen LogP contribution is -2.32. The van der Waals surface area contributed by atoms with Crippen LogP contribution in [0.3, 0.4) is 0 Å². The highest BCUT2D eigenvalue weighted by atomic mass is 16.5. The highest BCUT2D eigenvalue weighted by molar-refractivity contribution is 5.09. The molecule has 2 rings (SSSR count). The van der Waals surface area contributed by atoms with E-state index in [0.29, 0.717) is 24.9 Å². The van der Waals surface area contributed by atoms with Crippen molar-refractivity contribution < 1.29 is 9.26 Å². The summed E-state index contributed by atoms with van der Waals surface area (Å²) in [5, 5.41) is 4.01. The lowest BCUT2D eigenvalue weighted by atomic mass is 9.86. The van der Waals surface area contributed by atoms with E-state index in [4.69, 9.17) is 15.0 Å². The average Bonchev–Trinajstić information content (AvgIpc) is 2.99. The molecule has 1 aromatic heterocycles. The number of aromatic nitrogens is 2. The summed E-state index contributed by atoms with van der Waals surface area (Å²) in [4.78, 5) is 4.47. The topological polar surface area (TPSA) is 74.2 Å². The van der Waals surface area contributed by atoms with Crippen LogP contribution < -0.4 is 5.73 Å². The quantitative estimate of drug-likeness (QED) is 0.850. The van der Waals surface area contributed by atoms with Crippen LogP contribution in [0.1, 0.15) is 57.3 Å². The van der Waals surface area contributed by atoms with Crippen LogP contribution in [0.5, 0.6) is 0 Å². The summed E-state index contributed by atoms with van der Waals surface area (Å²) in [5.74, 6) is 1.32. The third kappa shape index (κ3) is 2.35. The number of nitrogens with zero attached hydrogens (tertiary/aromatic N) is 2. The molecule has 1 heterocycles. The van der Waals surface area contributed by atoms with E-state index in [-0.39, 0.29) is 11.5 Å². The largest absolute Gasteiger partial charge is 0.371 e. The fourth-order valence-electron chi connectivity index (χ4n) is 2.50. The van der Waals surface area contributed by atoms with Crippen molar-refractivity contribution in [1.82, 2.24) is 10.1 Å². The summed E-state index contributed by atoms with van der Waals surface area (Å²) in [6.45, 7) is 5.11. The minimum absolute atomic E-state index is 0.0861. The third-order valence-electron chi connectivity index (χ3n) is 3.63. The van der Waals surface area contributed by atoms with Crippen molar-refractivity contribution in [3.05, 3.63) is 11.7 Å². The van der Waals surface area contributed by atoms with Crippen LogP contribution in [0.25, 0.3) is 0 Å². The van der Waals surface area contributed by atoms with Gasteiger partial charge in [0.2, 0.25) is 5.89 Å². The minimum Gasteiger partial charge on any atom is -0.371 e. The van der Waals surface area contributed by atoms with E-state index in [1.165, 1.54) is 12.8 Å². The Morgan fingerprint density at radius 3 is 2.76 bits per heavy atom. The summed E-state index contributed by atoms with van der Waals surface area (Å²) in [6, 6.07) is 0. The fourth-order valence-corrected chi connectivity index (χ4v) is 2.50. The van der Waals surface area contributed by atoms with Gasteiger partial charge in [0.15, 0.2) is 5.82 Å².